The second-order valence-electron chi connectivity index (χ2n) is 3.69. The van der Waals surface area contributed by atoms with Crippen LogP contribution in [0, 0.1) is 0 Å². The van der Waals surface area contributed by atoms with Crippen molar-refractivity contribution in [3.8, 4) is 5.75 Å². The van der Waals surface area contributed by atoms with Gasteiger partial charge in [-0.15, -0.1) is 0 Å². The molecule has 0 radical (unpaired) electrons. The zero-order valence-electron chi connectivity index (χ0n) is 8.00. The highest BCUT2D eigenvalue weighted by molar-refractivity contribution is 14.1. The summed E-state index contributed by atoms with van der Waals surface area (Å²) in [6.45, 7) is 2.29. The van der Waals surface area contributed by atoms with Crippen molar-refractivity contribution in [1.29, 1.82) is 0 Å². The van der Waals surface area contributed by atoms with E-state index in [9.17, 15) is 0 Å². The Hall–Kier alpha value is -0.290. The Morgan fingerprint density at radius 2 is 2.07 bits per heavy atom. The largest absolute Gasteiger partial charge is 0.428 e. The summed E-state index contributed by atoms with van der Waals surface area (Å²) in [4.78, 5) is 0. The van der Waals surface area contributed by atoms with Crippen molar-refractivity contribution < 1.29 is 3.07 Å². The molecule has 0 aliphatic carbocycles. The zero-order chi connectivity index (χ0) is 9.80. The fraction of sp³-hybridized carbons (Fsp3) is 0.455. The van der Waals surface area contributed by atoms with Crippen LogP contribution in [0.1, 0.15) is 24.3 Å². The van der Waals surface area contributed by atoms with Crippen LogP contribution in [-0.4, -0.2) is 13.1 Å². The third kappa shape index (κ3) is 2.39. The topological polar surface area (TPSA) is 21.3 Å². The fourth-order valence-corrected chi connectivity index (χ4v) is 2.22. The van der Waals surface area contributed by atoms with Crippen LogP contribution >= 0.6 is 23.0 Å². The van der Waals surface area contributed by atoms with E-state index in [1.165, 1.54) is 24.9 Å². The molecule has 1 fully saturated rings. The van der Waals surface area contributed by atoms with Crippen LogP contribution < -0.4 is 8.38 Å². The normalized spacial score (nSPS) is 21.9. The molecule has 3 heteroatoms. The lowest BCUT2D eigenvalue weighted by Crippen LogP contribution is -2.28. The average Bonchev–Trinajstić information content (AvgIpc) is 2.30. The maximum Gasteiger partial charge on any atom is 0.192 e. The molecule has 0 saturated carbocycles. The van der Waals surface area contributed by atoms with Gasteiger partial charge < -0.3 is 8.38 Å². The molecule has 1 atom stereocenters. The Morgan fingerprint density at radius 1 is 1.29 bits per heavy atom. The highest BCUT2D eigenvalue weighted by atomic mass is 127. The summed E-state index contributed by atoms with van der Waals surface area (Å²) in [5, 5.41) is 3.43. The van der Waals surface area contributed by atoms with Gasteiger partial charge in [-0.25, -0.2) is 0 Å². The van der Waals surface area contributed by atoms with E-state index in [2.05, 4.69) is 17.4 Å². The molecule has 76 valence electrons. The van der Waals surface area contributed by atoms with E-state index >= 15 is 0 Å². The number of benzene rings is 1. The van der Waals surface area contributed by atoms with Crippen LogP contribution in [-0.2, 0) is 0 Å². The number of rotatable bonds is 2. The predicted molar refractivity (Wildman–Crippen MR) is 65.9 cm³/mol. The first kappa shape index (κ1) is 10.2. The minimum atomic E-state index is 0.687. The van der Waals surface area contributed by atoms with Gasteiger partial charge in [0.2, 0.25) is 0 Å². The molecule has 0 aromatic heterocycles. The van der Waals surface area contributed by atoms with Crippen molar-refractivity contribution >= 4 is 23.0 Å². The van der Waals surface area contributed by atoms with Crippen molar-refractivity contribution in [1.82, 2.24) is 5.32 Å². The van der Waals surface area contributed by atoms with Gasteiger partial charge in [0, 0.05) is 6.54 Å². The zero-order valence-corrected chi connectivity index (χ0v) is 10.2. The molecule has 2 nitrogen and oxygen atoms in total. The molecule has 1 aromatic rings. The Bertz CT molecular complexity index is 280. The fourth-order valence-electron chi connectivity index (χ4n) is 1.93. The molecule has 0 amide bonds. The van der Waals surface area contributed by atoms with E-state index < -0.39 is 0 Å². The molecule has 2 rings (SSSR count). The van der Waals surface area contributed by atoms with Crippen LogP contribution in [0.2, 0.25) is 0 Å². The van der Waals surface area contributed by atoms with Crippen LogP contribution in [0.15, 0.2) is 24.3 Å². The molecular weight excluding hydrogens is 289 g/mol. The van der Waals surface area contributed by atoms with Crippen LogP contribution in [0.25, 0.3) is 0 Å². The van der Waals surface area contributed by atoms with Gasteiger partial charge in [0.25, 0.3) is 0 Å². The summed E-state index contributed by atoms with van der Waals surface area (Å²) in [6, 6.07) is 8.42. The lowest BCUT2D eigenvalue weighted by atomic mass is 9.92. The summed E-state index contributed by atoms with van der Waals surface area (Å²) < 4.78 is 5.11. The van der Waals surface area contributed by atoms with E-state index in [4.69, 9.17) is 3.07 Å². The molecule has 1 saturated heterocycles. The molecule has 1 heterocycles. The number of halogens is 1. The summed E-state index contributed by atoms with van der Waals surface area (Å²) in [7, 11) is 0. The summed E-state index contributed by atoms with van der Waals surface area (Å²) >= 11 is 1.91. The van der Waals surface area contributed by atoms with Gasteiger partial charge in [-0.2, -0.15) is 0 Å². The number of hydrogen-bond donors (Lipinski definition) is 1. The van der Waals surface area contributed by atoms with Gasteiger partial charge in [-0.3, -0.25) is 0 Å². The maximum atomic E-state index is 5.11. The monoisotopic (exact) mass is 303 g/mol. The lowest BCUT2D eigenvalue weighted by molar-refractivity contribution is 0.461. The second-order valence-corrected chi connectivity index (χ2v) is 4.13. The van der Waals surface area contributed by atoms with Crippen molar-refractivity contribution in [3.05, 3.63) is 29.8 Å². The summed E-state index contributed by atoms with van der Waals surface area (Å²) in [5.41, 5.74) is 1.43. The molecule has 1 aromatic carbocycles. The van der Waals surface area contributed by atoms with E-state index in [1.807, 2.05) is 35.1 Å². The molecule has 1 aliphatic rings. The molecule has 14 heavy (non-hydrogen) atoms. The number of nitrogens with one attached hydrogen (secondary N) is 1. The van der Waals surface area contributed by atoms with Crippen molar-refractivity contribution in [2.45, 2.75) is 18.8 Å². The number of hydrogen-bond acceptors (Lipinski definition) is 2. The highest BCUT2D eigenvalue weighted by Crippen LogP contribution is 2.25. The first-order chi connectivity index (χ1) is 6.90. The lowest BCUT2D eigenvalue weighted by Gasteiger charge is -2.23. The molecule has 1 aliphatic heterocycles. The van der Waals surface area contributed by atoms with Gasteiger partial charge in [-0.1, -0.05) is 12.1 Å². The van der Waals surface area contributed by atoms with Crippen LogP contribution in [0.3, 0.4) is 0 Å². The van der Waals surface area contributed by atoms with Gasteiger partial charge in [0.05, 0.1) is 0 Å². The third-order valence-corrected chi connectivity index (χ3v) is 3.25. The molecule has 1 N–H and O–H groups in total. The smallest absolute Gasteiger partial charge is 0.192 e. The third-order valence-electron chi connectivity index (χ3n) is 2.74. The molecule has 0 spiro atoms. The Kier molecular flexibility index (Phi) is 3.64. The Labute approximate surface area is 98.7 Å². The van der Waals surface area contributed by atoms with Gasteiger partial charge in [-0.05, 0) is 43.0 Å². The summed E-state index contributed by atoms with van der Waals surface area (Å²) in [5.74, 6) is 1.62. The van der Waals surface area contributed by atoms with Crippen LogP contribution in [0.5, 0.6) is 5.75 Å². The Morgan fingerprint density at radius 3 is 2.64 bits per heavy atom. The Balaban J connectivity index is 2.07. The minimum absolute atomic E-state index is 0.687. The van der Waals surface area contributed by atoms with Crippen LogP contribution in [0.4, 0.5) is 0 Å². The van der Waals surface area contributed by atoms with E-state index in [0.717, 1.165) is 12.3 Å². The van der Waals surface area contributed by atoms with Gasteiger partial charge >= 0.3 is 0 Å². The van der Waals surface area contributed by atoms with Crippen molar-refractivity contribution in [2.24, 2.45) is 0 Å². The minimum Gasteiger partial charge on any atom is -0.428 e. The molecule has 1 unspecified atom stereocenters. The summed E-state index contributed by atoms with van der Waals surface area (Å²) in [6.07, 6.45) is 2.59. The predicted octanol–water partition coefficient (Wildman–Crippen LogP) is 2.88. The van der Waals surface area contributed by atoms with Crippen molar-refractivity contribution in [3.63, 3.8) is 0 Å². The maximum absolute atomic E-state index is 5.11. The quantitative estimate of drug-likeness (QED) is 0.848. The van der Waals surface area contributed by atoms with Crippen molar-refractivity contribution in [2.75, 3.05) is 13.1 Å². The van der Waals surface area contributed by atoms with Gasteiger partial charge in [0.1, 0.15) is 5.75 Å². The molecular formula is C11H14INO. The molecule has 0 bridgehead atoms. The van der Waals surface area contributed by atoms with E-state index in [0.29, 0.717) is 5.92 Å². The second kappa shape index (κ2) is 4.98. The number of piperidine rings is 1. The first-order valence-electron chi connectivity index (χ1n) is 4.99. The van der Waals surface area contributed by atoms with E-state index in [1.54, 1.807) is 0 Å². The van der Waals surface area contributed by atoms with E-state index in [-0.39, 0.29) is 0 Å². The highest BCUT2D eigenvalue weighted by Gasteiger charge is 2.14. The standard InChI is InChI=1S/C11H14INO/c12-14-11-5-3-9(4-6-11)10-2-1-7-13-8-10/h3-6,10,13H,1-2,7-8H2. The average molecular weight is 303 g/mol. The van der Waals surface area contributed by atoms with Gasteiger partial charge in [0.15, 0.2) is 23.0 Å². The first-order valence-corrected chi connectivity index (χ1v) is 5.87. The SMILES string of the molecule is IOc1ccc(C2CCCNC2)cc1.